The van der Waals surface area contributed by atoms with Gasteiger partial charge in [0.15, 0.2) is 5.78 Å². The summed E-state index contributed by atoms with van der Waals surface area (Å²) >= 11 is 0. The molecule has 4 N–H and O–H groups in total. The smallest absolute Gasteiger partial charge is 0.309 e. The Morgan fingerprint density at radius 1 is 1.12 bits per heavy atom. The third kappa shape index (κ3) is 1.74. The van der Waals surface area contributed by atoms with Crippen LogP contribution in [-0.2, 0) is 9.59 Å². The van der Waals surface area contributed by atoms with E-state index in [1.54, 1.807) is 6.92 Å². The summed E-state index contributed by atoms with van der Waals surface area (Å²) in [4.78, 5) is 25.3. The fourth-order valence-electron chi connectivity index (χ4n) is 7.37. The van der Waals surface area contributed by atoms with Crippen molar-refractivity contribution < 1.29 is 30.0 Å². The van der Waals surface area contributed by atoms with Gasteiger partial charge in [0.05, 0.1) is 29.1 Å². The van der Waals surface area contributed by atoms with Crippen molar-refractivity contribution in [3.8, 4) is 0 Å². The molecule has 4 aliphatic rings. The van der Waals surface area contributed by atoms with Gasteiger partial charge in [-0.05, 0) is 55.4 Å². The number of aliphatic carboxylic acids is 1. The van der Waals surface area contributed by atoms with Gasteiger partial charge in [0.25, 0.3) is 0 Å². The van der Waals surface area contributed by atoms with Gasteiger partial charge in [0.1, 0.15) is 0 Å². The molecule has 4 aliphatic carbocycles. The van der Waals surface area contributed by atoms with Crippen LogP contribution in [-0.4, -0.2) is 50.5 Å². The van der Waals surface area contributed by atoms with Gasteiger partial charge in [-0.2, -0.15) is 0 Å². The lowest BCUT2D eigenvalue weighted by Gasteiger charge is -2.65. The molecule has 0 aromatic heterocycles. The Kier molecular flexibility index (Phi) is 3.61. The summed E-state index contributed by atoms with van der Waals surface area (Å²) in [6, 6.07) is 0. The summed E-state index contributed by atoms with van der Waals surface area (Å²) in [5, 5.41) is 42.6. The second kappa shape index (κ2) is 5.18. The first kappa shape index (κ1) is 18.1. The molecule has 0 saturated heterocycles. The number of hydrogen-bond donors (Lipinski definition) is 4. The van der Waals surface area contributed by atoms with Crippen LogP contribution in [0.15, 0.2) is 12.2 Å². The molecule has 4 fully saturated rings. The number of hydrogen-bond acceptors (Lipinski definition) is 5. The molecule has 9 unspecified atom stereocenters. The molecule has 144 valence electrons. The highest BCUT2D eigenvalue weighted by atomic mass is 16.4. The fourth-order valence-corrected chi connectivity index (χ4v) is 7.37. The van der Waals surface area contributed by atoms with E-state index in [9.17, 15) is 30.0 Å². The number of Topliss-reactive ketones (excluding diaryl/α,β-unsaturated/α-hetero) is 1. The molecular formula is C20H28O6. The minimum Gasteiger partial charge on any atom is -0.481 e. The van der Waals surface area contributed by atoms with Crippen molar-refractivity contribution in [2.75, 3.05) is 0 Å². The first-order valence-corrected chi connectivity index (χ1v) is 9.54. The Hall–Kier alpha value is -1.24. The molecule has 0 amide bonds. The maximum absolute atomic E-state index is 13.2. The zero-order valence-electron chi connectivity index (χ0n) is 15.3. The van der Waals surface area contributed by atoms with Gasteiger partial charge in [0, 0.05) is 5.92 Å². The number of carbonyl (C=O) groups is 2. The SMILES string of the molecule is C=C1C(=O)C23C(O)CC4C(C)(C(=O)O)CCCC4(C)C2CC(O)C1C3O. The fraction of sp³-hybridized carbons (Fsp3) is 0.800. The molecule has 6 nitrogen and oxygen atoms in total. The summed E-state index contributed by atoms with van der Waals surface area (Å²) in [7, 11) is 0. The lowest BCUT2D eigenvalue weighted by atomic mass is 9.39. The van der Waals surface area contributed by atoms with Crippen LogP contribution in [0.25, 0.3) is 0 Å². The maximum Gasteiger partial charge on any atom is 0.309 e. The molecule has 0 heterocycles. The van der Waals surface area contributed by atoms with E-state index in [0.29, 0.717) is 12.8 Å². The normalized spacial score (nSPS) is 56.0. The molecule has 0 aromatic rings. The lowest BCUT2D eigenvalue weighted by molar-refractivity contribution is -0.240. The summed E-state index contributed by atoms with van der Waals surface area (Å²) < 4.78 is 0. The van der Waals surface area contributed by atoms with Gasteiger partial charge in [0.2, 0.25) is 0 Å². The van der Waals surface area contributed by atoms with Gasteiger partial charge >= 0.3 is 5.97 Å². The molecule has 26 heavy (non-hydrogen) atoms. The third-order valence-electron chi connectivity index (χ3n) is 8.66. The van der Waals surface area contributed by atoms with Crippen LogP contribution in [0.1, 0.15) is 46.0 Å². The van der Waals surface area contributed by atoms with E-state index in [1.807, 2.05) is 6.92 Å². The molecule has 4 rings (SSSR count). The number of fused-ring (bicyclic) bond motifs is 3. The van der Waals surface area contributed by atoms with E-state index in [4.69, 9.17) is 0 Å². The average Bonchev–Trinajstić information content (AvgIpc) is 2.69. The summed E-state index contributed by atoms with van der Waals surface area (Å²) in [6.07, 6.45) is -0.763. The van der Waals surface area contributed by atoms with Crippen molar-refractivity contribution >= 4 is 11.8 Å². The number of ketones is 1. The molecule has 0 radical (unpaired) electrons. The molecule has 6 heteroatoms. The average molecular weight is 364 g/mol. The van der Waals surface area contributed by atoms with Gasteiger partial charge in [-0.15, -0.1) is 0 Å². The first-order chi connectivity index (χ1) is 12.0. The summed E-state index contributed by atoms with van der Waals surface area (Å²) in [6.45, 7) is 7.53. The highest BCUT2D eigenvalue weighted by molar-refractivity contribution is 6.04. The molecule has 4 saturated carbocycles. The van der Waals surface area contributed by atoms with Crippen molar-refractivity contribution in [3.05, 3.63) is 12.2 Å². The Bertz CT molecular complexity index is 702. The Labute approximate surface area is 152 Å². The Morgan fingerprint density at radius 3 is 2.38 bits per heavy atom. The van der Waals surface area contributed by atoms with Crippen molar-refractivity contribution in [1.29, 1.82) is 0 Å². The van der Waals surface area contributed by atoms with Gasteiger partial charge < -0.3 is 20.4 Å². The van der Waals surface area contributed by atoms with Crippen molar-refractivity contribution in [1.82, 2.24) is 0 Å². The van der Waals surface area contributed by atoms with Crippen LogP contribution in [0, 0.1) is 34.0 Å². The highest BCUT2D eigenvalue weighted by Gasteiger charge is 2.76. The van der Waals surface area contributed by atoms with Crippen LogP contribution in [0.3, 0.4) is 0 Å². The van der Waals surface area contributed by atoms with E-state index in [1.165, 1.54) is 0 Å². The quantitative estimate of drug-likeness (QED) is 0.519. The molecule has 0 aromatic carbocycles. The van der Waals surface area contributed by atoms with E-state index >= 15 is 0 Å². The molecule has 9 atom stereocenters. The predicted octanol–water partition coefficient (Wildman–Crippen LogP) is 1.13. The topological polar surface area (TPSA) is 115 Å². The zero-order chi connectivity index (χ0) is 19.2. The molecular weight excluding hydrogens is 336 g/mol. The minimum absolute atomic E-state index is 0.175. The second-order valence-corrected chi connectivity index (χ2v) is 9.50. The number of rotatable bonds is 1. The number of aliphatic hydroxyl groups is 3. The van der Waals surface area contributed by atoms with E-state index in [0.717, 1.165) is 6.42 Å². The zero-order valence-corrected chi connectivity index (χ0v) is 15.3. The monoisotopic (exact) mass is 364 g/mol. The van der Waals surface area contributed by atoms with Crippen molar-refractivity contribution in [2.45, 2.75) is 64.3 Å². The largest absolute Gasteiger partial charge is 0.481 e. The molecule has 2 bridgehead atoms. The number of carboxylic acid groups (broad SMARTS) is 1. The van der Waals surface area contributed by atoms with Crippen molar-refractivity contribution in [2.24, 2.45) is 34.0 Å². The van der Waals surface area contributed by atoms with E-state index < -0.39 is 52.4 Å². The van der Waals surface area contributed by atoms with Crippen LogP contribution in [0.5, 0.6) is 0 Å². The van der Waals surface area contributed by atoms with Crippen molar-refractivity contribution in [3.63, 3.8) is 0 Å². The highest BCUT2D eigenvalue weighted by Crippen LogP contribution is 2.71. The van der Waals surface area contributed by atoms with Crippen LogP contribution in [0.4, 0.5) is 0 Å². The van der Waals surface area contributed by atoms with Gasteiger partial charge in [-0.3, -0.25) is 9.59 Å². The number of carboxylic acids is 1. The van der Waals surface area contributed by atoms with Crippen LogP contribution >= 0.6 is 0 Å². The lowest BCUT2D eigenvalue weighted by Crippen LogP contribution is -2.69. The van der Waals surface area contributed by atoms with Gasteiger partial charge in [-0.25, -0.2) is 0 Å². The Balaban J connectivity index is 1.90. The number of carbonyl (C=O) groups excluding carboxylic acids is 1. The van der Waals surface area contributed by atoms with E-state index in [2.05, 4.69) is 6.58 Å². The molecule has 0 aliphatic heterocycles. The second-order valence-electron chi connectivity index (χ2n) is 9.50. The van der Waals surface area contributed by atoms with Crippen LogP contribution in [0.2, 0.25) is 0 Å². The van der Waals surface area contributed by atoms with E-state index in [-0.39, 0.29) is 30.1 Å². The predicted molar refractivity (Wildman–Crippen MR) is 92.0 cm³/mol. The number of aliphatic hydroxyl groups excluding tert-OH is 3. The Morgan fingerprint density at radius 2 is 1.77 bits per heavy atom. The first-order valence-electron chi connectivity index (χ1n) is 9.54. The molecule has 1 spiro atoms. The van der Waals surface area contributed by atoms with Gasteiger partial charge in [-0.1, -0.05) is 19.9 Å². The maximum atomic E-state index is 13.2. The third-order valence-corrected chi connectivity index (χ3v) is 8.66. The summed E-state index contributed by atoms with van der Waals surface area (Å²) in [5.41, 5.74) is -2.69. The summed E-state index contributed by atoms with van der Waals surface area (Å²) in [5.74, 6) is -2.73. The minimum atomic E-state index is -1.36. The van der Waals surface area contributed by atoms with Crippen LogP contribution < -0.4 is 0 Å². The standard InChI is InChI=1S/C20H28O6/c1-9-14-10(21)7-12-18(2)5-4-6-19(3,17(25)26)11(18)8-13(22)20(12,15(9)23)16(14)24/h10-14,16,21-22,24H,1,4-8H2,2-3H3,(H,25,26).